The van der Waals surface area contributed by atoms with Gasteiger partial charge < -0.3 is 20.5 Å². The van der Waals surface area contributed by atoms with Gasteiger partial charge in [0.1, 0.15) is 12.4 Å². The number of aromatic nitrogens is 1. The fourth-order valence-electron chi connectivity index (χ4n) is 2.99. The van der Waals surface area contributed by atoms with Crippen LogP contribution in [-0.4, -0.2) is 39.2 Å². The number of ether oxygens (including phenoxy) is 2. The third-order valence-electron chi connectivity index (χ3n) is 4.74. The first kappa shape index (κ1) is 31.9. The molecule has 11 nitrogen and oxygen atoms in total. The zero-order valence-corrected chi connectivity index (χ0v) is 22.4. The van der Waals surface area contributed by atoms with Crippen molar-refractivity contribution in [3.05, 3.63) is 65.5 Å². The molecule has 3 rings (SSSR count). The van der Waals surface area contributed by atoms with E-state index >= 15 is 0 Å². The fraction of sp³-hybridized carbons (Fsp3) is 0.292. The second kappa shape index (κ2) is 16.6. The predicted octanol–water partition coefficient (Wildman–Crippen LogP) is 5.32. The van der Waals surface area contributed by atoms with E-state index in [0.29, 0.717) is 36.6 Å². The molecule has 0 aliphatic heterocycles. The number of hydrogen-bond acceptors (Lipinski definition) is 10. The first-order chi connectivity index (χ1) is 18.5. The number of carbonyl (C=O) groups excluding carboxylic acids is 2. The highest BCUT2D eigenvalue weighted by molar-refractivity contribution is 8.20. The number of nitrogens with zero attached hydrogens (tertiary/aromatic N) is 1. The van der Waals surface area contributed by atoms with E-state index in [0.717, 1.165) is 17.5 Å². The molecule has 0 saturated heterocycles. The minimum Gasteiger partial charge on any atom is -0.445 e. The van der Waals surface area contributed by atoms with Crippen LogP contribution in [0.5, 0.6) is 5.75 Å². The van der Waals surface area contributed by atoms with E-state index in [1.165, 1.54) is 23.5 Å². The van der Waals surface area contributed by atoms with Crippen LogP contribution in [0.3, 0.4) is 0 Å². The molecule has 0 radical (unpaired) electrons. The molecule has 0 fully saturated rings. The van der Waals surface area contributed by atoms with E-state index in [4.69, 9.17) is 20.0 Å². The van der Waals surface area contributed by atoms with Gasteiger partial charge in [0, 0.05) is 23.9 Å². The normalized spacial score (nSPS) is 11.3. The van der Waals surface area contributed by atoms with Crippen molar-refractivity contribution in [2.45, 2.75) is 38.9 Å². The first-order valence-electron chi connectivity index (χ1n) is 11.6. The largest absolute Gasteiger partial charge is 0.445 e. The van der Waals surface area contributed by atoms with Crippen LogP contribution in [0, 0.1) is 0 Å². The summed E-state index contributed by atoms with van der Waals surface area (Å²) < 4.78 is 53.5. The summed E-state index contributed by atoms with van der Waals surface area (Å²) in [5.41, 5.74) is 7.06. The highest BCUT2D eigenvalue weighted by atomic mass is 32.3. The molecular formula is C24H31F2N5O6S2. The number of halogens is 2. The Balaban J connectivity index is 0.000000404. The van der Waals surface area contributed by atoms with Gasteiger partial charge in [0.25, 0.3) is 0 Å². The highest BCUT2D eigenvalue weighted by Gasteiger charge is 2.10. The highest BCUT2D eigenvalue weighted by Crippen LogP contribution is 2.27. The van der Waals surface area contributed by atoms with E-state index in [1.807, 2.05) is 30.3 Å². The summed E-state index contributed by atoms with van der Waals surface area (Å²) in [7, 11) is -3.17. The van der Waals surface area contributed by atoms with Gasteiger partial charge in [0.05, 0.1) is 5.69 Å². The molecule has 0 atom stereocenters. The van der Waals surface area contributed by atoms with Crippen LogP contribution in [0.25, 0.3) is 11.3 Å². The van der Waals surface area contributed by atoms with E-state index in [2.05, 4.69) is 24.5 Å². The van der Waals surface area contributed by atoms with Crippen LogP contribution in [-0.2, 0) is 16.1 Å². The molecular weight excluding hydrogens is 556 g/mol. The Morgan fingerprint density at radius 1 is 1.05 bits per heavy atom. The van der Waals surface area contributed by atoms with Crippen molar-refractivity contribution < 1.29 is 36.9 Å². The average molecular weight is 588 g/mol. The molecule has 8 N–H and O–H groups in total. The smallest absolute Gasteiger partial charge is 0.404 e. The van der Waals surface area contributed by atoms with Gasteiger partial charge in [-0.05, 0) is 42.7 Å². The van der Waals surface area contributed by atoms with Crippen LogP contribution in [0.4, 0.5) is 18.7 Å². The molecule has 214 valence electrons. The van der Waals surface area contributed by atoms with Crippen molar-refractivity contribution in [2.75, 3.05) is 11.9 Å². The molecule has 1 heterocycles. The van der Waals surface area contributed by atoms with Crippen molar-refractivity contribution in [2.24, 2.45) is 10.9 Å². The van der Waals surface area contributed by atoms with Crippen molar-refractivity contribution in [1.82, 2.24) is 9.71 Å². The van der Waals surface area contributed by atoms with Gasteiger partial charge in [-0.15, -0.1) is 11.3 Å². The zero-order valence-electron chi connectivity index (χ0n) is 20.8. The van der Waals surface area contributed by atoms with Crippen LogP contribution in [0.1, 0.15) is 31.2 Å². The predicted molar refractivity (Wildman–Crippen MR) is 147 cm³/mol. The molecule has 0 saturated carbocycles. The summed E-state index contributed by atoms with van der Waals surface area (Å²) >= 11 is 1.27. The molecule has 0 unspecified atom stereocenters. The third kappa shape index (κ3) is 14.4. The number of anilines is 1. The lowest BCUT2D eigenvalue weighted by atomic mass is 10.2. The summed E-state index contributed by atoms with van der Waals surface area (Å²) in [4.78, 5) is 26.4. The molecule has 0 bridgehead atoms. The Hall–Kier alpha value is -3.34. The maximum Gasteiger partial charge on any atom is 0.404 e. The molecule has 0 aliphatic carbocycles. The monoisotopic (exact) mass is 587 g/mol. The molecule has 3 aromatic rings. The second-order valence-corrected chi connectivity index (χ2v) is 10.2. The SMILES string of the molecule is NC(=O)OCc1ccccc1.NS(O)(O)NCCCCCC(=O)Nc1nc(-c2ccc(OC(F)F)cc2)cs1. The number of unbranched alkanes of at least 4 members (excludes halogenated alkanes) is 2. The number of nitrogens with one attached hydrogen (secondary N) is 2. The molecule has 0 aliphatic rings. The minimum atomic E-state index is -3.17. The van der Waals surface area contributed by atoms with Crippen LogP contribution < -0.4 is 25.6 Å². The van der Waals surface area contributed by atoms with E-state index < -0.39 is 23.7 Å². The number of alkyl halides is 2. The molecule has 0 spiro atoms. The van der Waals surface area contributed by atoms with Crippen molar-refractivity contribution in [3.8, 4) is 17.0 Å². The maximum absolute atomic E-state index is 12.2. The van der Waals surface area contributed by atoms with Gasteiger partial charge in [-0.2, -0.15) is 8.78 Å². The molecule has 15 heteroatoms. The van der Waals surface area contributed by atoms with Crippen molar-refractivity contribution in [3.63, 3.8) is 0 Å². The van der Waals surface area contributed by atoms with Crippen molar-refractivity contribution in [1.29, 1.82) is 0 Å². The number of amides is 2. The Morgan fingerprint density at radius 3 is 2.36 bits per heavy atom. The van der Waals surface area contributed by atoms with Crippen LogP contribution in [0.15, 0.2) is 60.0 Å². The number of thiazole rings is 1. The summed E-state index contributed by atoms with van der Waals surface area (Å²) in [5.74, 6) is -0.105. The average Bonchev–Trinajstić information content (AvgIpc) is 3.33. The summed E-state index contributed by atoms with van der Waals surface area (Å²) in [6, 6.07) is 15.5. The standard InChI is InChI=1S/C16H22F2N4O4S2.C8H9NO2/c17-15(18)26-12-7-5-11(6-8-12)13-10-27-16(21-13)22-14(23)4-2-1-3-9-20-28(19,24)25;9-8(10)11-6-7-4-2-1-3-5-7/h5-8,10,15,20,24-25H,1-4,9,19H2,(H,21,22,23);1-5H,6H2,(H2,9,10). The molecule has 1 aromatic heterocycles. The van der Waals surface area contributed by atoms with Gasteiger partial charge in [-0.3, -0.25) is 13.9 Å². The molecule has 2 aromatic carbocycles. The van der Waals surface area contributed by atoms with E-state index in [1.54, 1.807) is 17.5 Å². The van der Waals surface area contributed by atoms with Gasteiger partial charge in [-0.25, -0.2) is 19.6 Å². The van der Waals surface area contributed by atoms with E-state index in [9.17, 15) is 18.4 Å². The number of primary amides is 1. The van der Waals surface area contributed by atoms with Crippen LogP contribution >= 0.6 is 22.3 Å². The summed E-state index contributed by atoms with van der Waals surface area (Å²) in [6.07, 6.45) is 1.60. The fourth-order valence-corrected chi connectivity index (χ4v) is 4.17. The lowest BCUT2D eigenvalue weighted by molar-refractivity contribution is -0.116. The quantitative estimate of drug-likeness (QED) is 0.144. The second-order valence-electron chi connectivity index (χ2n) is 7.88. The maximum atomic E-state index is 12.2. The number of nitrogens with two attached hydrogens (primary N) is 2. The summed E-state index contributed by atoms with van der Waals surface area (Å²) in [5, 5.41) is 9.96. The van der Waals surface area contributed by atoms with Crippen molar-refractivity contribution >= 4 is 39.4 Å². The molecule has 2 amide bonds. The third-order valence-corrected chi connectivity index (χ3v) is 6.13. The van der Waals surface area contributed by atoms with Crippen LogP contribution in [0.2, 0.25) is 0 Å². The summed E-state index contributed by atoms with van der Waals surface area (Å²) in [6.45, 7) is -2.27. The van der Waals surface area contributed by atoms with Gasteiger partial charge in [0.15, 0.2) is 5.13 Å². The lowest BCUT2D eigenvalue weighted by Crippen LogP contribution is -2.27. The lowest BCUT2D eigenvalue weighted by Gasteiger charge is -2.26. The van der Waals surface area contributed by atoms with Gasteiger partial charge in [0.2, 0.25) is 5.91 Å². The zero-order chi connectivity index (χ0) is 28.7. The number of hydrogen-bond donors (Lipinski definition) is 6. The van der Waals surface area contributed by atoms with E-state index in [-0.39, 0.29) is 18.3 Å². The Bertz CT molecular complexity index is 1150. The molecule has 39 heavy (non-hydrogen) atoms. The van der Waals surface area contributed by atoms with Gasteiger partial charge in [-0.1, -0.05) is 47.7 Å². The Morgan fingerprint density at radius 2 is 1.74 bits per heavy atom. The number of carbonyl (C=O) groups is 2. The van der Waals surface area contributed by atoms with Gasteiger partial charge >= 0.3 is 12.7 Å². The first-order valence-corrected chi connectivity index (χ1v) is 14.1. The number of benzene rings is 2. The Labute approximate surface area is 230 Å². The number of rotatable bonds is 13. The Kier molecular flexibility index (Phi) is 13.6. The minimum absolute atomic E-state index is 0.0641. The topological polar surface area (TPSA) is 182 Å².